The van der Waals surface area contributed by atoms with Crippen LogP contribution in [-0.4, -0.2) is 35.1 Å². The lowest BCUT2D eigenvalue weighted by Gasteiger charge is -2.14. The van der Waals surface area contributed by atoms with Crippen LogP contribution in [0.15, 0.2) is 59.6 Å². The second kappa shape index (κ2) is 7.56. The standard InChI is InChI=1S/C22H21N3O2S/c1-14-5-7-15(8-6-14)17-13-21-23-10-9-18(25(21)24-17)16-11-19(26-2)22(27-3)20(12-16)28-4/h5-13H,1-4H3. The minimum absolute atomic E-state index is 0.695. The molecule has 0 spiro atoms. The number of ether oxygens (including phenoxy) is 2. The molecule has 142 valence electrons. The molecule has 0 aliphatic rings. The van der Waals surface area contributed by atoms with Gasteiger partial charge in [0.15, 0.2) is 17.1 Å². The van der Waals surface area contributed by atoms with E-state index >= 15 is 0 Å². The summed E-state index contributed by atoms with van der Waals surface area (Å²) in [5.74, 6) is 1.44. The molecule has 0 saturated heterocycles. The third-order valence-electron chi connectivity index (χ3n) is 4.67. The van der Waals surface area contributed by atoms with Gasteiger partial charge < -0.3 is 9.47 Å². The maximum absolute atomic E-state index is 5.56. The highest BCUT2D eigenvalue weighted by Gasteiger charge is 2.16. The molecule has 0 amide bonds. The topological polar surface area (TPSA) is 48.7 Å². The molecule has 4 rings (SSSR count). The van der Waals surface area contributed by atoms with E-state index in [1.54, 1.807) is 32.2 Å². The molecule has 0 N–H and O–H groups in total. The number of benzene rings is 2. The first-order chi connectivity index (χ1) is 13.6. The predicted octanol–water partition coefficient (Wildman–Crippen LogP) is 5.11. The lowest BCUT2D eigenvalue weighted by atomic mass is 10.1. The summed E-state index contributed by atoms with van der Waals surface area (Å²) in [6.45, 7) is 2.08. The van der Waals surface area contributed by atoms with E-state index in [1.807, 2.05) is 29.0 Å². The van der Waals surface area contributed by atoms with E-state index in [0.29, 0.717) is 5.75 Å². The molecule has 0 fully saturated rings. The molecule has 0 atom stereocenters. The highest BCUT2D eigenvalue weighted by atomic mass is 32.2. The first-order valence-corrected chi connectivity index (χ1v) is 10.1. The average molecular weight is 391 g/mol. The second-order valence-electron chi connectivity index (χ2n) is 6.41. The molecule has 6 heteroatoms. The quantitative estimate of drug-likeness (QED) is 0.443. The molecule has 4 aromatic rings. The number of aryl methyl sites for hydroxylation is 1. The van der Waals surface area contributed by atoms with Gasteiger partial charge in [0.25, 0.3) is 0 Å². The summed E-state index contributed by atoms with van der Waals surface area (Å²) in [6, 6.07) is 16.4. The second-order valence-corrected chi connectivity index (χ2v) is 7.26. The number of aromatic nitrogens is 3. The highest BCUT2D eigenvalue weighted by molar-refractivity contribution is 7.98. The van der Waals surface area contributed by atoms with E-state index in [0.717, 1.165) is 38.8 Å². The van der Waals surface area contributed by atoms with E-state index < -0.39 is 0 Å². The van der Waals surface area contributed by atoms with Gasteiger partial charge in [-0.15, -0.1) is 11.8 Å². The Morgan fingerprint density at radius 3 is 2.39 bits per heavy atom. The van der Waals surface area contributed by atoms with Crippen LogP contribution in [0.5, 0.6) is 11.5 Å². The van der Waals surface area contributed by atoms with Crippen molar-refractivity contribution in [2.75, 3.05) is 20.5 Å². The van der Waals surface area contributed by atoms with Crippen molar-refractivity contribution in [1.29, 1.82) is 0 Å². The maximum Gasteiger partial charge on any atom is 0.174 e. The van der Waals surface area contributed by atoms with Crippen molar-refractivity contribution in [1.82, 2.24) is 14.6 Å². The third-order valence-corrected chi connectivity index (χ3v) is 5.41. The summed E-state index contributed by atoms with van der Waals surface area (Å²) in [6.07, 6.45) is 3.83. The van der Waals surface area contributed by atoms with Crippen LogP contribution in [0.2, 0.25) is 0 Å². The molecule has 2 aromatic heterocycles. The largest absolute Gasteiger partial charge is 0.493 e. The van der Waals surface area contributed by atoms with Gasteiger partial charge in [-0.2, -0.15) is 5.10 Å². The van der Waals surface area contributed by atoms with Gasteiger partial charge in [0.2, 0.25) is 0 Å². The Labute approximate surface area is 168 Å². The summed E-state index contributed by atoms with van der Waals surface area (Å²) < 4.78 is 13.0. The lowest BCUT2D eigenvalue weighted by Crippen LogP contribution is -1.98. The van der Waals surface area contributed by atoms with Crippen LogP contribution in [0.3, 0.4) is 0 Å². The fraction of sp³-hybridized carbons (Fsp3) is 0.182. The van der Waals surface area contributed by atoms with Crippen LogP contribution in [0.25, 0.3) is 28.2 Å². The molecule has 0 unspecified atom stereocenters. The molecule has 5 nitrogen and oxygen atoms in total. The van der Waals surface area contributed by atoms with Gasteiger partial charge in [-0.25, -0.2) is 9.50 Å². The Hall–Kier alpha value is -2.99. The number of methoxy groups -OCH3 is 2. The van der Waals surface area contributed by atoms with Crippen LogP contribution in [0, 0.1) is 6.92 Å². The maximum atomic E-state index is 5.56. The first kappa shape index (κ1) is 18.4. The molecule has 0 radical (unpaired) electrons. The Bertz CT molecular complexity index is 1110. The number of hydrogen-bond donors (Lipinski definition) is 0. The van der Waals surface area contributed by atoms with Crippen molar-refractivity contribution in [2.45, 2.75) is 11.8 Å². The molecule has 0 bridgehead atoms. The Morgan fingerprint density at radius 1 is 0.929 bits per heavy atom. The molecule has 2 aromatic carbocycles. The fourth-order valence-corrected chi connectivity index (χ4v) is 3.82. The van der Waals surface area contributed by atoms with E-state index in [1.165, 1.54) is 5.56 Å². The van der Waals surface area contributed by atoms with Gasteiger partial charge in [-0.1, -0.05) is 29.8 Å². The van der Waals surface area contributed by atoms with Crippen LogP contribution >= 0.6 is 11.8 Å². The van der Waals surface area contributed by atoms with Gasteiger partial charge in [0.05, 0.1) is 30.5 Å². The molecule has 0 aliphatic carbocycles. The summed E-state index contributed by atoms with van der Waals surface area (Å²) in [5, 5.41) is 4.82. The van der Waals surface area contributed by atoms with Crippen LogP contribution < -0.4 is 9.47 Å². The molecule has 0 aliphatic heterocycles. The summed E-state index contributed by atoms with van der Waals surface area (Å²) in [7, 11) is 3.31. The predicted molar refractivity (Wildman–Crippen MR) is 113 cm³/mol. The third kappa shape index (κ3) is 3.20. The minimum Gasteiger partial charge on any atom is -0.493 e. The van der Waals surface area contributed by atoms with E-state index in [-0.39, 0.29) is 0 Å². The Kier molecular flexibility index (Phi) is 4.96. The number of rotatable bonds is 5. The van der Waals surface area contributed by atoms with Crippen molar-refractivity contribution in [3.63, 3.8) is 0 Å². The van der Waals surface area contributed by atoms with Crippen LogP contribution in [0.4, 0.5) is 0 Å². The van der Waals surface area contributed by atoms with Gasteiger partial charge in [-0.3, -0.25) is 0 Å². The molecule has 0 saturated carbocycles. The van der Waals surface area contributed by atoms with Crippen molar-refractivity contribution in [3.8, 4) is 34.0 Å². The number of fused-ring (bicyclic) bond motifs is 1. The van der Waals surface area contributed by atoms with Gasteiger partial charge >= 0.3 is 0 Å². The minimum atomic E-state index is 0.695. The monoisotopic (exact) mass is 391 g/mol. The number of nitrogens with zero attached hydrogens (tertiary/aromatic N) is 3. The zero-order valence-electron chi connectivity index (χ0n) is 16.3. The van der Waals surface area contributed by atoms with E-state index in [4.69, 9.17) is 14.6 Å². The van der Waals surface area contributed by atoms with Crippen molar-refractivity contribution < 1.29 is 9.47 Å². The highest BCUT2D eigenvalue weighted by Crippen LogP contribution is 2.40. The van der Waals surface area contributed by atoms with Crippen LogP contribution in [0.1, 0.15) is 5.56 Å². The number of hydrogen-bond acceptors (Lipinski definition) is 5. The normalized spacial score (nSPS) is 11.0. The fourth-order valence-electron chi connectivity index (χ4n) is 3.21. The van der Waals surface area contributed by atoms with Gasteiger partial charge in [-0.05, 0) is 31.4 Å². The van der Waals surface area contributed by atoms with E-state index in [9.17, 15) is 0 Å². The summed E-state index contributed by atoms with van der Waals surface area (Å²) in [5.41, 5.74) is 5.92. The Morgan fingerprint density at radius 2 is 1.71 bits per heavy atom. The zero-order chi connectivity index (χ0) is 19.7. The average Bonchev–Trinajstić information content (AvgIpc) is 3.17. The summed E-state index contributed by atoms with van der Waals surface area (Å²) >= 11 is 1.62. The zero-order valence-corrected chi connectivity index (χ0v) is 17.1. The molecule has 2 heterocycles. The van der Waals surface area contributed by atoms with Gasteiger partial charge in [0.1, 0.15) is 0 Å². The van der Waals surface area contributed by atoms with E-state index in [2.05, 4.69) is 42.2 Å². The SMILES string of the molecule is COc1cc(-c2ccnc3cc(-c4ccc(C)cc4)nn23)cc(SC)c1OC. The lowest BCUT2D eigenvalue weighted by molar-refractivity contribution is 0.348. The molecular weight excluding hydrogens is 370 g/mol. The molecule has 28 heavy (non-hydrogen) atoms. The van der Waals surface area contributed by atoms with Crippen LogP contribution in [-0.2, 0) is 0 Å². The molecular formula is C22H21N3O2S. The summed E-state index contributed by atoms with van der Waals surface area (Å²) in [4.78, 5) is 5.50. The smallest absolute Gasteiger partial charge is 0.174 e. The van der Waals surface area contributed by atoms with Crippen molar-refractivity contribution in [2.24, 2.45) is 0 Å². The van der Waals surface area contributed by atoms with Crippen molar-refractivity contribution in [3.05, 3.63) is 60.3 Å². The number of thioether (sulfide) groups is 1. The van der Waals surface area contributed by atoms with Gasteiger partial charge in [0, 0.05) is 23.4 Å². The van der Waals surface area contributed by atoms with Crippen molar-refractivity contribution >= 4 is 17.4 Å². The first-order valence-electron chi connectivity index (χ1n) is 8.87. The Balaban J connectivity index is 1.89.